The van der Waals surface area contributed by atoms with Gasteiger partial charge < -0.3 is 14.7 Å². The molecule has 0 aromatic heterocycles. The predicted octanol–water partition coefficient (Wildman–Crippen LogP) is 1.96. The van der Waals surface area contributed by atoms with Crippen molar-refractivity contribution in [2.75, 3.05) is 20.2 Å². The van der Waals surface area contributed by atoms with E-state index in [1.165, 1.54) is 12.0 Å². The van der Waals surface area contributed by atoms with Gasteiger partial charge in [0.2, 0.25) is 0 Å². The third-order valence-corrected chi connectivity index (χ3v) is 4.21. The largest absolute Gasteiger partial charge is 0.479 e. The Hall–Kier alpha value is -1.59. The summed E-state index contributed by atoms with van der Waals surface area (Å²) in [6.45, 7) is 2.17. The summed E-state index contributed by atoms with van der Waals surface area (Å²) < 4.78 is 5.11. The van der Waals surface area contributed by atoms with Crippen LogP contribution in [0.3, 0.4) is 0 Å². The highest BCUT2D eigenvalue weighted by molar-refractivity contribution is 6.31. The minimum atomic E-state index is -1.30. The highest BCUT2D eigenvalue weighted by Crippen LogP contribution is 2.28. The third kappa shape index (κ3) is 2.39. The van der Waals surface area contributed by atoms with Crippen molar-refractivity contribution in [3.05, 3.63) is 34.3 Å². The molecule has 108 valence electrons. The SMILES string of the molecule is COC1(C(=O)O)CCN(C(=O)c2cccc(Cl)c2C)C1. The molecule has 0 radical (unpaired) electrons. The summed E-state index contributed by atoms with van der Waals surface area (Å²) in [4.78, 5) is 25.3. The number of halogens is 1. The lowest BCUT2D eigenvalue weighted by atomic mass is 10.0. The van der Waals surface area contributed by atoms with E-state index in [9.17, 15) is 14.7 Å². The van der Waals surface area contributed by atoms with Gasteiger partial charge in [-0.3, -0.25) is 4.79 Å². The van der Waals surface area contributed by atoms with E-state index in [0.717, 1.165) is 0 Å². The van der Waals surface area contributed by atoms with Crippen molar-refractivity contribution in [1.29, 1.82) is 0 Å². The van der Waals surface area contributed by atoms with Crippen LogP contribution in [-0.2, 0) is 9.53 Å². The lowest BCUT2D eigenvalue weighted by Crippen LogP contribution is -2.44. The molecular formula is C14H16ClNO4. The lowest BCUT2D eigenvalue weighted by Gasteiger charge is -2.23. The zero-order chi connectivity index (χ0) is 14.9. The summed E-state index contributed by atoms with van der Waals surface area (Å²) in [5.74, 6) is -1.26. The molecule has 1 amide bonds. The Labute approximate surface area is 122 Å². The van der Waals surface area contributed by atoms with Crippen molar-refractivity contribution in [3.8, 4) is 0 Å². The van der Waals surface area contributed by atoms with Gasteiger partial charge in [0, 0.05) is 30.7 Å². The number of hydrogen-bond acceptors (Lipinski definition) is 3. The summed E-state index contributed by atoms with van der Waals surface area (Å²) >= 11 is 6.01. The number of rotatable bonds is 3. The molecule has 1 aromatic carbocycles. The van der Waals surface area contributed by atoms with Gasteiger partial charge in [0.15, 0.2) is 5.60 Å². The molecule has 5 nitrogen and oxygen atoms in total. The van der Waals surface area contributed by atoms with Gasteiger partial charge in [0.25, 0.3) is 5.91 Å². The number of benzene rings is 1. The second kappa shape index (κ2) is 5.42. The van der Waals surface area contributed by atoms with Crippen molar-refractivity contribution < 1.29 is 19.4 Å². The summed E-state index contributed by atoms with van der Waals surface area (Å²) in [5.41, 5.74) is -0.110. The number of carboxylic acids is 1. The molecule has 6 heteroatoms. The lowest BCUT2D eigenvalue weighted by molar-refractivity contribution is -0.160. The zero-order valence-corrected chi connectivity index (χ0v) is 12.1. The van der Waals surface area contributed by atoms with Gasteiger partial charge in [-0.15, -0.1) is 0 Å². The van der Waals surface area contributed by atoms with Crippen LogP contribution in [0.15, 0.2) is 18.2 Å². The van der Waals surface area contributed by atoms with Crippen LogP contribution in [-0.4, -0.2) is 47.7 Å². The third-order valence-electron chi connectivity index (χ3n) is 3.80. The number of carbonyl (C=O) groups is 2. The van der Waals surface area contributed by atoms with Gasteiger partial charge in [-0.25, -0.2) is 4.79 Å². The van der Waals surface area contributed by atoms with E-state index < -0.39 is 11.6 Å². The number of nitrogens with zero attached hydrogens (tertiary/aromatic N) is 1. The first kappa shape index (κ1) is 14.8. The fraction of sp³-hybridized carbons (Fsp3) is 0.429. The van der Waals surface area contributed by atoms with E-state index in [0.29, 0.717) is 22.7 Å². The number of carbonyl (C=O) groups excluding carboxylic acids is 1. The first-order chi connectivity index (χ1) is 9.41. The van der Waals surface area contributed by atoms with Crippen LogP contribution >= 0.6 is 11.6 Å². The second-order valence-corrected chi connectivity index (χ2v) is 5.30. The van der Waals surface area contributed by atoms with E-state index >= 15 is 0 Å². The molecular weight excluding hydrogens is 282 g/mol. The number of amides is 1. The number of ether oxygens (including phenoxy) is 1. The molecule has 0 saturated carbocycles. The predicted molar refractivity (Wildman–Crippen MR) is 74.1 cm³/mol. The fourth-order valence-electron chi connectivity index (χ4n) is 2.39. The van der Waals surface area contributed by atoms with Crippen molar-refractivity contribution in [1.82, 2.24) is 4.90 Å². The summed E-state index contributed by atoms with van der Waals surface area (Å²) in [6, 6.07) is 5.12. The Balaban J connectivity index is 2.24. The first-order valence-electron chi connectivity index (χ1n) is 6.24. The normalized spacial score (nSPS) is 22.1. The standard InChI is InChI=1S/C14H16ClNO4/c1-9-10(4-3-5-11(9)15)12(17)16-7-6-14(8-16,20-2)13(18)19/h3-5H,6-8H2,1-2H3,(H,18,19). The van der Waals surface area contributed by atoms with Crippen LogP contribution in [0.4, 0.5) is 0 Å². The number of methoxy groups -OCH3 is 1. The quantitative estimate of drug-likeness (QED) is 0.926. The Morgan fingerprint density at radius 3 is 2.70 bits per heavy atom. The molecule has 1 heterocycles. The van der Waals surface area contributed by atoms with Gasteiger partial charge >= 0.3 is 5.97 Å². The molecule has 0 spiro atoms. The summed E-state index contributed by atoms with van der Waals surface area (Å²) in [5, 5.41) is 9.77. The second-order valence-electron chi connectivity index (χ2n) is 4.89. The zero-order valence-electron chi connectivity index (χ0n) is 11.4. The van der Waals surface area contributed by atoms with Crippen LogP contribution in [0.25, 0.3) is 0 Å². The molecule has 1 atom stereocenters. The summed E-state index contributed by atoms with van der Waals surface area (Å²) in [6.07, 6.45) is 0.282. The minimum Gasteiger partial charge on any atom is -0.479 e. The monoisotopic (exact) mass is 297 g/mol. The van der Waals surface area contributed by atoms with Crippen LogP contribution in [0.2, 0.25) is 5.02 Å². The maximum Gasteiger partial charge on any atom is 0.337 e. The number of likely N-dealkylation sites (tertiary alicyclic amines) is 1. The fourth-order valence-corrected chi connectivity index (χ4v) is 2.57. The van der Waals surface area contributed by atoms with E-state index in [1.807, 2.05) is 0 Å². The van der Waals surface area contributed by atoms with Crippen molar-refractivity contribution in [2.24, 2.45) is 0 Å². The highest BCUT2D eigenvalue weighted by atomic mass is 35.5. The van der Waals surface area contributed by atoms with Crippen molar-refractivity contribution in [3.63, 3.8) is 0 Å². The molecule has 0 bridgehead atoms. The van der Waals surface area contributed by atoms with Gasteiger partial charge in [0.1, 0.15) is 0 Å². The average molecular weight is 298 g/mol. The van der Waals surface area contributed by atoms with E-state index in [2.05, 4.69) is 0 Å². The number of aliphatic carboxylic acids is 1. The molecule has 1 fully saturated rings. The minimum absolute atomic E-state index is 0.0453. The van der Waals surface area contributed by atoms with Gasteiger partial charge in [-0.05, 0) is 24.6 Å². The number of hydrogen-bond donors (Lipinski definition) is 1. The smallest absolute Gasteiger partial charge is 0.337 e. The van der Waals surface area contributed by atoms with Gasteiger partial charge in [-0.1, -0.05) is 17.7 Å². The van der Waals surface area contributed by atoms with Crippen LogP contribution in [0, 0.1) is 6.92 Å². The summed E-state index contributed by atoms with van der Waals surface area (Å²) in [7, 11) is 1.35. The van der Waals surface area contributed by atoms with Crippen molar-refractivity contribution >= 4 is 23.5 Å². The Kier molecular flexibility index (Phi) is 4.01. The van der Waals surface area contributed by atoms with E-state index in [4.69, 9.17) is 16.3 Å². The Morgan fingerprint density at radius 2 is 2.15 bits per heavy atom. The van der Waals surface area contributed by atoms with Gasteiger partial charge in [0.05, 0.1) is 6.54 Å². The molecule has 20 heavy (non-hydrogen) atoms. The molecule has 2 rings (SSSR count). The van der Waals surface area contributed by atoms with E-state index in [-0.39, 0.29) is 18.9 Å². The molecule has 1 N–H and O–H groups in total. The maximum atomic E-state index is 12.5. The molecule has 1 unspecified atom stereocenters. The van der Waals surface area contributed by atoms with Gasteiger partial charge in [-0.2, -0.15) is 0 Å². The first-order valence-corrected chi connectivity index (χ1v) is 6.62. The Morgan fingerprint density at radius 1 is 1.45 bits per heavy atom. The maximum absolute atomic E-state index is 12.5. The van der Waals surface area contributed by atoms with E-state index in [1.54, 1.807) is 25.1 Å². The molecule has 0 aliphatic carbocycles. The number of carboxylic acid groups (broad SMARTS) is 1. The van der Waals surface area contributed by atoms with Crippen LogP contribution < -0.4 is 0 Å². The topological polar surface area (TPSA) is 66.8 Å². The average Bonchev–Trinajstić information content (AvgIpc) is 2.87. The van der Waals surface area contributed by atoms with Crippen LogP contribution in [0.5, 0.6) is 0 Å². The molecule has 1 saturated heterocycles. The molecule has 1 aromatic rings. The van der Waals surface area contributed by atoms with Crippen LogP contribution in [0.1, 0.15) is 22.3 Å². The molecule has 1 aliphatic rings. The Bertz CT molecular complexity index is 560. The van der Waals surface area contributed by atoms with Crippen molar-refractivity contribution in [2.45, 2.75) is 18.9 Å². The highest BCUT2D eigenvalue weighted by Gasteiger charge is 2.46. The molecule has 1 aliphatic heterocycles.